The second kappa shape index (κ2) is 3.46. The van der Waals surface area contributed by atoms with Gasteiger partial charge < -0.3 is 4.74 Å². The van der Waals surface area contributed by atoms with Gasteiger partial charge in [0.1, 0.15) is 0 Å². The average Bonchev–Trinajstić information content (AvgIpc) is 2.13. The largest absolute Gasteiger partial charge is 0.375 e. The lowest BCUT2D eigenvalue weighted by molar-refractivity contribution is -0.137. The number of hydrogen-bond donors (Lipinski definition) is 0. The van der Waals surface area contributed by atoms with Crippen LogP contribution in [0.15, 0.2) is 24.4 Å². The number of hydrogen-bond acceptors (Lipinski definition) is 2. The molecule has 1 aliphatic rings. The molecule has 0 saturated carbocycles. The fraction of sp³-hybridized carbons (Fsp3) is 0.545. The molecule has 1 unspecified atom stereocenters. The summed E-state index contributed by atoms with van der Waals surface area (Å²) in [6.45, 7) is 3.11. The molecule has 0 spiro atoms. The van der Waals surface area contributed by atoms with E-state index < -0.39 is 0 Å². The van der Waals surface area contributed by atoms with Gasteiger partial charge in [0.05, 0.1) is 12.2 Å². The van der Waals surface area contributed by atoms with Crippen LogP contribution in [0.3, 0.4) is 0 Å². The average molecular weight is 177 g/mol. The van der Waals surface area contributed by atoms with Gasteiger partial charge in [-0.05, 0) is 38.3 Å². The number of nitrogens with zero attached hydrogens (tertiary/aromatic N) is 1. The fourth-order valence-electron chi connectivity index (χ4n) is 1.59. The van der Waals surface area contributed by atoms with Gasteiger partial charge in [0, 0.05) is 11.9 Å². The summed E-state index contributed by atoms with van der Waals surface area (Å²) in [5.74, 6) is 0. The first kappa shape index (κ1) is 8.70. The van der Waals surface area contributed by atoms with Crippen molar-refractivity contribution in [3.8, 4) is 0 Å². The molecule has 1 aliphatic heterocycles. The topological polar surface area (TPSA) is 22.1 Å². The third-order valence-electron chi connectivity index (χ3n) is 2.72. The Morgan fingerprint density at radius 1 is 1.54 bits per heavy atom. The van der Waals surface area contributed by atoms with Gasteiger partial charge in [0.25, 0.3) is 0 Å². The summed E-state index contributed by atoms with van der Waals surface area (Å²) in [5.41, 5.74) is 1.30. The summed E-state index contributed by atoms with van der Waals surface area (Å²) in [5, 5.41) is 0. The second-order valence-corrected chi connectivity index (χ2v) is 3.87. The SMILES string of the molecule is CC1(CCc2ccccn2)CCO1. The molecule has 0 radical (unpaired) electrons. The van der Waals surface area contributed by atoms with Crippen LogP contribution in [-0.2, 0) is 11.2 Å². The minimum absolute atomic E-state index is 0.136. The Labute approximate surface area is 78.9 Å². The van der Waals surface area contributed by atoms with E-state index in [1.165, 1.54) is 12.1 Å². The fourth-order valence-corrected chi connectivity index (χ4v) is 1.59. The lowest BCUT2D eigenvalue weighted by Gasteiger charge is -2.38. The highest BCUT2D eigenvalue weighted by molar-refractivity contribution is 5.04. The van der Waals surface area contributed by atoms with E-state index >= 15 is 0 Å². The molecule has 1 saturated heterocycles. The zero-order valence-corrected chi connectivity index (χ0v) is 7.99. The zero-order chi connectivity index (χ0) is 9.15. The maximum absolute atomic E-state index is 5.51. The Morgan fingerprint density at radius 2 is 2.38 bits per heavy atom. The molecular formula is C11H15NO. The minimum Gasteiger partial charge on any atom is -0.375 e. The number of aromatic nitrogens is 1. The smallest absolute Gasteiger partial charge is 0.0680 e. The molecule has 13 heavy (non-hydrogen) atoms. The monoisotopic (exact) mass is 177 g/mol. The van der Waals surface area contributed by atoms with Crippen molar-refractivity contribution in [1.82, 2.24) is 4.98 Å². The summed E-state index contributed by atoms with van der Waals surface area (Å²) in [6, 6.07) is 6.05. The summed E-state index contributed by atoms with van der Waals surface area (Å²) in [7, 11) is 0. The molecule has 0 amide bonds. The van der Waals surface area contributed by atoms with Crippen LogP contribution in [0, 0.1) is 0 Å². The standard InChI is InChI=1S/C11H15NO/c1-11(7-9-13-11)6-5-10-4-2-3-8-12-10/h2-4,8H,5-7,9H2,1H3. The van der Waals surface area contributed by atoms with E-state index in [0.717, 1.165) is 19.4 Å². The van der Waals surface area contributed by atoms with Gasteiger partial charge in [-0.25, -0.2) is 0 Å². The highest BCUT2D eigenvalue weighted by Crippen LogP contribution is 2.30. The van der Waals surface area contributed by atoms with Crippen molar-refractivity contribution < 1.29 is 4.74 Å². The summed E-state index contributed by atoms with van der Waals surface area (Å²) in [4.78, 5) is 4.28. The van der Waals surface area contributed by atoms with Crippen molar-refractivity contribution in [3.63, 3.8) is 0 Å². The van der Waals surface area contributed by atoms with Gasteiger partial charge in [-0.15, -0.1) is 0 Å². The van der Waals surface area contributed by atoms with Crippen LogP contribution in [0.5, 0.6) is 0 Å². The predicted octanol–water partition coefficient (Wildman–Crippen LogP) is 2.19. The van der Waals surface area contributed by atoms with Crippen LogP contribution >= 0.6 is 0 Å². The molecular weight excluding hydrogens is 162 g/mol. The Hall–Kier alpha value is -0.890. The molecule has 0 aromatic carbocycles. The molecule has 70 valence electrons. The number of ether oxygens (including phenoxy) is 1. The number of aryl methyl sites for hydroxylation is 1. The Balaban J connectivity index is 1.86. The van der Waals surface area contributed by atoms with E-state index in [4.69, 9.17) is 4.74 Å². The molecule has 1 atom stereocenters. The van der Waals surface area contributed by atoms with Crippen LogP contribution < -0.4 is 0 Å². The molecule has 1 fully saturated rings. The van der Waals surface area contributed by atoms with Crippen LogP contribution in [0.1, 0.15) is 25.5 Å². The van der Waals surface area contributed by atoms with E-state index in [0.29, 0.717) is 0 Å². The molecule has 0 aliphatic carbocycles. The van der Waals surface area contributed by atoms with Crippen LogP contribution in [0.25, 0.3) is 0 Å². The van der Waals surface area contributed by atoms with Gasteiger partial charge in [-0.3, -0.25) is 4.98 Å². The Morgan fingerprint density at radius 3 is 2.92 bits per heavy atom. The van der Waals surface area contributed by atoms with Crippen molar-refractivity contribution in [2.45, 2.75) is 31.8 Å². The quantitative estimate of drug-likeness (QED) is 0.706. The van der Waals surface area contributed by atoms with Crippen LogP contribution in [0.4, 0.5) is 0 Å². The van der Waals surface area contributed by atoms with E-state index in [1.807, 2.05) is 18.3 Å². The first-order valence-corrected chi connectivity index (χ1v) is 4.82. The maximum Gasteiger partial charge on any atom is 0.0680 e. The molecule has 0 bridgehead atoms. The van der Waals surface area contributed by atoms with Crippen molar-refractivity contribution >= 4 is 0 Å². The first-order valence-electron chi connectivity index (χ1n) is 4.82. The van der Waals surface area contributed by atoms with Gasteiger partial charge in [-0.1, -0.05) is 6.07 Å². The van der Waals surface area contributed by atoms with Gasteiger partial charge >= 0.3 is 0 Å². The number of rotatable bonds is 3. The Bertz CT molecular complexity index is 267. The highest BCUT2D eigenvalue weighted by atomic mass is 16.5. The molecule has 1 aromatic rings. The van der Waals surface area contributed by atoms with Gasteiger partial charge in [0.2, 0.25) is 0 Å². The molecule has 2 rings (SSSR count). The summed E-state index contributed by atoms with van der Waals surface area (Å²) < 4.78 is 5.51. The molecule has 2 heteroatoms. The van der Waals surface area contributed by atoms with E-state index in [-0.39, 0.29) is 5.60 Å². The van der Waals surface area contributed by atoms with E-state index in [1.54, 1.807) is 0 Å². The molecule has 1 aromatic heterocycles. The highest BCUT2D eigenvalue weighted by Gasteiger charge is 2.32. The predicted molar refractivity (Wildman–Crippen MR) is 51.5 cm³/mol. The molecule has 2 nitrogen and oxygen atoms in total. The lowest BCUT2D eigenvalue weighted by Crippen LogP contribution is -2.40. The lowest BCUT2D eigenvalue weighted by atomic mass is 9.91. The van der Waals surface area contributed by atoms with Gasteiger partial charge in [-0.2, -0.15) is 0 Å². The van der Waals surface area contributed by atoms with E-state index in [9.17, 15) is 0 Å². The zero-order valence-electron chi connectivity index (χ0n) is 7.99. The third-order valence-corrected chi connectivity index (χ3v) is 2.72. The third kappa shape index (κ3) is 2.07. The van der Waals surface area contributed by atoms with Crippen LogP contribution in [-0.4, -0.2) is 17.2 Å². The Kier molecular flexibility index (Phi) is 2.32. The summed E-state index contributed by atoms with van der Waals surface area (Å²) in [6.07, 6.45) is 5.15. The second-order valence-electron chi connectivity index (χ2n) is 3.87. The van der Waals surface area contributed by atoms with Crippen molar-refractivity contribution in [2.75, 3.05) is 6.61 Å². The summed E-state index contributed by atoms with van der Waals surface area (Å²) >= 11 is 0. The maximum atomic E-state index is 5.51. The first-order chi connectivity index (χ1) is 6.29. The van der Waals surface area contributed by atoms with E-state index in [2.05, 4.69) is 18.0 Å². The van der Waals surface area contributed by atoms with Gasteiger partial charge in [0.15, 0.2) is 0 Å². The minimum atomic E-state index is 0.136. The van der Waals surface area contributed by atoms with Crippen molar-refractivity contribution in [3.05, 3.63) is 30.1 Å². The normalized spacial score (nSPS) is 26.8. The van der Waals surface area contributed by atoms with Crippen molar-refractivity contribution in [1.29, 1.82) is 0 Å². The number of pyridine rings is 1. The molecule has 2 heterocycles. The van der Waals surface area contributed by atoms with Crippen molar-refractivity contribution in [2.24, 2.45) is 0 Å². The molecule has 0 N–H and O–H groups in total. The van der Waals surface area contributed by atoms with Crippen LogP contribution in [0.2, 0.25) is 0 Å².